The summed E-state index contributed by atoms with van der Waals surface area (Å²) >= 11 is 4.32. The lowest BCUT2D eigenvalue weighted by Crippen LogP contribution is -2.47. The third kappa shape index (κ3) is 33.0. The molecule has 1 aromatic heterocycles. The fraction of sp³-hybridized carbons (Fsp3) is 0.409. The van der Waals surface area contributed by atoms with Gasteiger partial charge >= 0.3 is 102 Å². The van der Waals surface area contributed by atoms with Gasteiger partial charge in [-0.05, 0) is 59.5 Å². The average Bonchev–Trinajstić information content (AvgIpc) is 1.62. The van der Waals surface area contributed by atoms with Gasteiger partial charge in [-0.25, -0.2) is 38.4 Å². The maximum absolute atomic E-state index is 12.6. The Morgan fingerprint density at radius 2 is 0.822 bits per heavy atom. The van der Waals surface area contributed by atoms with E-state index in [-0.39, 0.29) is 97.4 Å². The van der Waals surface area contributed by atoms with Crippen LogP contribution in [0.25, 0.3) is 0 Å². The number of epoxide rings is 1. The Hall–Kier alpha value is -12.5. The number of primary amides is 1. The Balaban J connectivity index is 0.000000486. The Bertz CT molecular complexity index is 3970. The maximum Gasteiger partial charge on any atom is 0.344 e. The number of fused-ring (bicyclic) bond motifs is 2. The van der Waals surface area contributed by atoms with E-state index >= 15 is 0 Å². The number of aliphatic hydroxyl groups excluding tert-OH is 1. The molecule has 2 aromatic carbocycles. The number of carboxylic acids is 16. The number of thioether (sulfide) groups is 2. The number of likely N-dealkylation sites (tertiary alicyclic amines) is 2. The van der Waals surface area contributed by atoms with Crippen molar-refractivity contribution in [3.8, 4) is 0 Å². The number of carbonyl (C=O) groups is 23. The number of aliphatic carboxylic acids is 16. The van der Waals surface area contributed by atoms with Crippen molar-refractivity contribution in [1.82, 2.24) is 24.9 Å². The predicted molar refractivity (Wildman–Crippen MR) is 396 cm³/mol. The Kier molecular flexibility index (Phi) is 42.5. The minimum atomic E-state index is -2.30. The number of carboxylic acid groups (broad SMARTS) is 16. The number of ether oxygens (including phenoxy) is 1. The van der Waals surface area contributed by atoms with Gasteiger partial charge in [-0.15, -0.1) is 0 Å². The first-order chi connectivity index (χ1) is 55.1. The average molecular weight is 1770 g/mol. The summed E-state index contributed by atoms with van der Waals surface area (Å²) in [6.45, 7) is 0.804. The Labute approximate surface area is 681 Å². The monoisotopic (exact) mass is 1770 g/mol. The maximum atomic E-state index is 12.6. The number of thiophene rings is 1. The molecule has 47 nitrogen and oxygen atoms in total. The first kappa shape index (κ1) is 102. The summed E-state index contributed by atoms with van der Waals surface area (Å²) in [6.07, 6.45) is -3.91. The van der Waals surface area contributed by atoms with E-state index < -0.39 is 198 Å². The van der Waals surface area contributed by atoms with Gasteiger partial charge < -0.3 is 112 Å². The molecule has 6 heterocycles. The Morgan fingerprint density at radius 1 is 0.466 bits per heavy atom. The van der Waals surface area contributed by atoms with Crippen LogP contribution in [0.1, 0.15) is 97.9 Å². The lowest BCUT2D eigenvalue weighted by atomic mass is 9.74. The fourth-order valence-electron chi connectivity index (χ4n) is 9.83. The lowest BCUT2D eigenvalue weighted by molar-refractivity contribution is -0.161. The number of urea groups is 1. The molecular weight excluding hydrogens is 1690 g/mol. The molecule has 9 atom stereocenters. The highest BCUT2D eigenvalue weighted by Crippen LogP contribution is 2.35. The van der Waals surface area contributed by atoms with Crippen LogP contribution < -0.4 is 11.1 Å². The molecule has 118 heavy (non-hydrogen) atoms. The van der Waals surface area contributed by atoms with Gasteiger partial charge in [-0.2, -0.15) is 34.9 Å². The van der Waals surface area contributed by atoms with Gasteiger partial charge in [0.25, 0.3) is 23.6 Å². The van der Waals surface area contributed by atoms with Crippen LogP contribution in [0.2, 0.25) is 0 Å². The normalized spacial score (nSPS) is 18.2. The SMILES string of the molecule is NC(=O)NC(CC(=O)O)C(=O)O.O=C(O)C(C(=O)O)c1ccsc1.O=C(O)C(O)C(=O)O.O=C(O)C1CC(=O)N(CCN2CC(C(=O)O)CC2=O)C1.O=C(O)C1OC1C(=O)O.O=C(O)CCSCSCCC(=O)O.O=C(O)[C@@H]1CC[C@H]1C(=O)O.O=C(O)[C@H](CSSC[C@@H](C(=O)O)N1C(=O)c2ccccc2C1=O)N1C(=O)c2ccccc2C1=O. The van der Waals surface area contributed by atoms with E-state index in [1.807, 2.05) is 0 Å². The summed E-state index contributed by atoms with van der Waals surface area (Å²) in [7, 11) is 1.85. The summed E-state index contributed by atoms with van der Waals surface area (Å²) < 4.78 is 4.24. The van der Waals surface area contributed by atoms with E-state index in [0.29, 0.717) is 39.7 Å². The first-order valence-corrected chi connectivity index (χ1v) is 38.8. The molecule has 5 aliphatic heterocycles. The number of benzene rings is 2. The third-order valence-corrected chi connectivity index (χ3v) is 21.4. The van der Waals surface area contributed by atoms with Crippen molar-refractivity contribution < 1.29 is 202 Å². The molecule has 4 fully saturated rings. The van der Waals surface area contributed by atoms with Gasteiger partial charge in [0.05, 0.1) is 65.2 Å². The van der Waals surface area contributed by atoms with Crippen LogP contribution in [0, 0.1) is 23.7 Å². The van der Waals surface area contributed by atoms with Crippen molar-refractivity contribution in [2.45, 2.75) is 87.3 Å². The van der Waals surface area contributed by atoms with Crippen LogP contribution in [0.15, 0.2) is 65.4 Å². The minimum Gasteiger partial charge on any atom is -0.481 e. The molecule has 3 saturated heterocycles. The molecule has 5 unspecified atom stereocenters. The molecule has 644 valence electrons. The summed E-state index contributed by atoms with van der Waals surface area (Å²) in [6, 6.07) is 8.04. The second-order valence-electron chi connectivity index (χ2n) is 24.1. The first-order valence-electron chi connectivity index (χ1n) is 33.0. The van der Waals surface area contributed by atoms with Gasteiger partial charge in [0.1, 0.15) is 18.1 Å². The molecule has 0 radical (unpaired) electrons. The zero-order valence-electron chi connectivity index (χ0n) is 60.3. The number of hydrogen-bond acceptors (Lipinski definition) is 30. The van der Waals surface area contributed by atoms with Crippen LogP contribution in [0.5, 0.6) is 0 Å². The van der Waals surface area contributed by atoms with Crippen LogP contribution in [-0.2, 0) is 91.0 Å². The molecule has 0 spiro atoms. The molecule has 6 aliphatic rings. The van der Waals surface area contributed by atoms with Gasteiger partial charge in [-0.3, -0.25) is 81.7 Å². The van der Waals surface area contributed by atoms with E-state index in [0.717, 1.165) is 26.7 Å². The molecule has 1 saturated carbocycles. The predicted octanol–water partition coefficient (Wildman–Crippen LogP) is -0.716. The fourth-order valence-corrected chi connectivity index (χ4v) is 14.9. The molecule has 9 rings (SSSR count). The van der Waals surface area contributed by atoms with Crippen LogP contribution in [0.3, 0.4) is 0 Å². The van der Waals surface area contributed by atoms with E-state index in [1.54, 1.807) is 35.0 Å². The van der Waals surface area contributed by atoms with Crippen molar-refractivity contribution in [1.29, 1.82) is 0 Å². The topological polar surface area (TPSA) is 800 Å². The molecule has 8 amide bonds. The van der Waals surface area contributed by atoms with Gasteiger partial charge in [0.2, 0.25) is 17.9 Å². The standard InChI is InChI=1S/C22H16N2O8S2.C12H16N2O6.C7H12O4S2.C7H6O4S.C6H8O4.C5H8N2O5.C4H4O5.C3H4O5/c25-17-11-5-1-2-6-12(11)18(26)23(17)15(21(29)30)9-33-34-10-16(22(31)32)24-19(27)13-7-3-4-8-14(13)20(24)28;15-9-3-7(11(17)18)5-13(9)1-2-14-6-8(12(19)20)4-10(14)16;8-6(9)1-3-12-5-13-4-2-7(10)11;8-6(9)5(7(10)11)4-1-2-12-3-4;7-5(8)3-1-2-4(3)6(9)10;6-5(12)7-2(4(10)11)1-3(8)9;5-3(6)1-2(9-1)4(7)8;4-1(2(5)6)3(7)8/h1-8,15-16H,9-10H2,(H,29,30)(H,31,32);7-8H,1-6H2,(H,17,18)(H,19,20);1-5H2,(H,8,9)(H,10,11);1-3,5H,(H,8,9)(H,10,11);3-4H,1-2H2,(H,7,8)(H,9,10);2H,1H2,(H,8,9)(H,10,11)(H3,6,7,12);1-2H,(H,5,6)(H,7,8);1,4H,(H,5,6)(H,7,8)/t15-,16-;;;;3-,4-;;;/m0...1.../s1. The van der Waals surface area contributed by atoms with Crippen molar-refractivity contribution in [3.63, 3.8) is 0 Å². The summed E-state index contributed by atoms with van der Waals surface area (Å²) in [5.74, 6) is -26.4. The lowest BCUT2D eigenvalue weighted by Gasteiger charge is -2.29. The van der Waals surface area contributed by atoms with E-state index in [9.17, 15) is 120 Å². The highest BCUT2D eigenvalue weighted by atomic mass is 33.1. The van der Waals surface area contributed by atoms with Crippen molar-refractivity contribution >= 4 is 193 Å². The minimum absolute atomic E-state index is 0.0129. The van der Waals surface area contributed by atoms with Crippen molar-refractivity contribution in [3.05, 3.63) is 93.2 Å². The number of imide groups is 2. The summed E-state index contributed by atoms with van der Waals surface area (Å²) in [5.41, 5.74) is 5.39. The van der Waals surface area contributed by atoms with Crippen molar-refractivity contribution in [2.24, 2.45) is 29.4 Å². The number of aliphatic hydroxyl groups is 1. The number of rotatable bonds is 35. The third-order valence-electron chi connectivity index (χ3n) is 16.0. The molecule has 20 N–H and O–H groups in total. The zero-order chi connectivity index (χ0) is 89.9. The van der Waals surface area contributed by atoms with Gasteiger partial charge in [-0.1, -0.05) is 45.9 Å². The summed E-state index contributed by atoms with van der Waals surface area (Å²) in [5, 5.41) is 149. The largest absolute Gasteiger partial charge is 0.481 e. The molecular formula is C66H74N6O41S5. The quantitative estimate of drug-likeness (QED) is 0.00863. The number of amides is 8. The summed E-state index contributed by atoms with van der Waals surface area (Å²) in [4.78, 5) is 254. The van der Waals surface area contributed by atoms with Crippen LogP contribution >= 0.6 is 56.4 Å². The highest BCUT2D eigenvalue weighted by Gasteiger charge is 2.51. The van der Waals surface area contributed by atoms with Crippen molar-refractivity contribution in [2.75, 3.05) is 54.3 Å². The van der Waals surface area contributed by atoms with E-state index in [4.69, 9.17) is 76.6 Å². The highest BCUT2D eigenvalue weighted by molar-refractivity contribution is 8.76. The van der Waals surface area contributed by atoms with E-state index in [1.165, 1.54) is 80.4 Å². The number of carbonyl (C=O) groups excluding carboxylic acids is 7. The van der Waals surface area contributed by atoms with Gasteiger partial charge in [0, 0.05) is 67.1 Å². The van der Waals surface area contributed by atoms with Crippen LogP contribution in [0.4, 0.5) is 4.79 Å². The number of nitrogens with zero attached hydrogens (tertiary/aromatic N) is 4. The molecule has 0 bridgehead atoms. The second kappa shape index (κ2) is 49.4. The van der Waals surface area contributed by atoms with Gasteiger partial charge in [0.15, 0.2) is 18.1 Å². The smallest absolute Gasteiger partial charge is 0.344 e. The molecule has 1 aliphatic carbocycles. The number of nitrogens with two attached hydrogens (primary N) is 1. The van der Waals surface area contributed by atoms with E-state index in [2.05, 4.69) is 10.5 Å². The second-order valence-corrected chi connectivity index (χ2v) is 30.0. The molecule has 3 aromatic rings. The van der Waals surface area contributed by atoms with Crippen LogP contribution in [-0.4, -0.2) is 334 Å². The Morgan fingerprint density at radius 3 is 1.04 bits per heavy atom. The molecule has 52 heteroatoms. The number of nitrogens with one attached hydrogen (secondary N) is 1. The zero-order valence-corrected chi connectivity index (χ0v) is 64.4. The number of hydrogen-bond donors (Lipinski definition) is 19.